The van der Waals surface area contributed by atoms with Gasteiger partial charge in [0, 0.05) is 11.5 Å². The zero-order chi connectivity index (χ0) is 17.1. The number of carbonyl (C=O) groups is 1. The number of nitrogens with one attached hydrogen (secondary N) is 1. The SMILES string of the molecule is Cc1cc(NC(=O)[C@@H](C)SCc2nc(N)c3ccccc3n2)no1. The van der Waals surface area contributed by atoms with Crippen LogP contribution in [0.15, 0.2) is 34.9 Å². The lowest BCUT2D eigenvalue weighted by Gasteiger charge is -2.10. The quantitative estimate of drug-likeness (QED) is 0.733. The molecule has 1 aromatic carbocycles. The molecule has 1 amide bonds. The normalized spacial score (nSPS) is 12.2. The number of benzene rings is 1. The highest BCUT2D eigenvalue weighted by Gasteiger charge is 2.16. The van der Waals surface area contributed by atoms with Crippen molar-refractivity contribution in [3.63, 3.8) is 0 Å². The van der Waals surface area contributed by atoms with Gasteiger partial charge in [0.1, 0.15) is 17.4 Å². The Morgan fingerprint density at radius 3 is 2.92 bits per heavy atom. The molecule has 0 unspecified atom stereocenters. The number of carbonyl (C=O) groups excluding carboxylic acids is 1. The lowest BCUT2D eigenvalue weighted by Crippen LogP contribution is -2.22. The zero-order valence-electron chi connectivity index (χ0n) is 13.3. The largest absolute Gasteiger partial charge is 0.383 e. The molecule has 0 aliphatic rings. The van der Waals surface area contributed by atoms with Crippen molar-refractivity contribution >= 4 is 40.2 Å². The number of amides is 1. The Kier molecular flexibility index (Phi) is 4.66. The maximum absolute atomic E-state index is 12.1. The fourth-order valence-corrected chi connectivity index (χ4v) is 2.88. The summed E-state index contributed by atoms with van der Waals surface area (Å²) in [6, 6.07) is 9.25. The van der Waals surface area contributed by atoms with E-state index in [9.17, 15) is 4.79 Å². The number of nitrogens with two attached hydrogens (primary N) is 1. The molecule has 1 atom stereocenters. The van der Waals surface area contributed by atoms with Gasteiger partial charge >= 0.3 is 0 Å². The van der Waals surface area contributed by atoms with Crippen molar-refractivity contribution in [2.24, 2.45) is 0 Å². The average Bonchev–Trinajstić information content (AvgIpc) is 2.97. The smallest absolute Gasteiger partial charge is 0.238 e. The Morgan fingerprint density at radius 2 is 2.17 bits per heavy atom. The zero-order valence-corrected chi connectivity index (χ0v) is 14.1. The van der Waals surface area contributed by atoms with Crippen molar-refractivity contribution in [1.29, 1.82) is 0 Å². The highest BCUT2D eigenvalue weighted by atomic mass is 32.2. The minimum Gasteiger partial charge on any atom is -0.383 e. The van der Waals surface area contributed by atoms with Crippen LogP contribution in [0.3, 0.4) is 0 Å². The molecule has 0 saturated heterocycles. The first-order valence-corrected chi connectivity index (χ1v) is 8.44. The first-order valence-electron chi connectivity index (χ1n) is 7.40. The third-order valence-electron chi connectivity index (χ3n) is 3.39. The van der Waals surface area contributed by atoms with Crippen LogP contribution in [-0.2, 0) is 10.5 Å². The summed E-state index contributed by atoms with van der Waals surface area (Å²) in [6.07, 6.45) is 0. The van der Waals surface area contributed by atoms with E-state index in [1.54, 1.807) is 13.0 Å². The van der Waals surface area contributed by atoms with Gasteiger partial charge < -0.3 is 15.6 Å². The molecule has 3 N–H and O–H groups in total. The second kappa shape index (κ2) is 6.88. The summed E-state index contributed by atoms with van der Waals surface area (Å²) in [4.78, 5) is 20.9. The molecule has 3 aromatic rings. The van der Waals surface area contributed by atoms with Crippen LogP contribution < -0.4 is 11.1 Å². The van der Waals surface area contributed by atoms with Crippen LogP contribution >= 0.6 is 11.8 Å². The van der Waals surface area contributed by atoms with Gasteiger partial charge in [-0.3, -0.25) is 4.79 Å². The van der Waals surface area contributed by atoms with Gasteiger partial charge in [-0.15, -0.1) is 11.8 Å². The molecule has 0 aliphatic heterocycles. The van der Waals surface area contributed by atoms with Gasteiger partial charge in [0.05, 0.1) is 16.5 Å². The van der Waals surface area contributed by atoms with E-state index in [1.165, 1.54) is 11.8 Å². The molecule has 24 heavy (non-hydrogen) atoms. The topological polar surface area (TPSA) is 107 Å². The van der Waals surface area contributed by atoms with Crippen molar-refractivity contribution in [1.82, 2.24) is 15.1 Å². The number of nitrogen functional groups attached to an aromatic ring is 1. The van der Waals surface area contributed by atoms with Crippen LogP contribution in [-0.4, -0.2) is 26.3 Å². The number of anilines is 2. The van der Waals surface area contributed by atoms with Crippen LogP contribution in [0, 0.1) is 6.92 Å². The third kappa shape index (κ3) is 3.65. The number of fused-ring (bicyclic) bond motifs is 1. The van der Waals surface area contributed by atoms with Crippen LogP contribution in [0.1, 0.15) is 18.5 Å². The molecule has 7 nitrogen and oxygen atoms in total. The standard InChI is InChI=1S/C16H17N5O2S/c1-9-7-13(21-23-9)20-16(22)10(2)24-8-14-18-12-6-4-3-5-11(12)15(17)19-14/h3-7,10H,8H2,1-2H3,(H2,17,18,19)(H,20,21,22)/t10-/m1/s1. The first kappa shape index (κ1) is 16.3. The van der Waals surface area contributed by atoms with Crippen LogP contribution in [0.5, 0.6) is 0 Å². The second-order valence-corrected chi connectivity index (χ2v) is 6.64. The summed E-state index contributed by atoms with van der Waals surface area (Å²) < 4.78 is 4.92. The molecular formula is C16H17N5O2S. The Balaban J connectivity index is 1.63. The minimum absolute atomic E-state index is 0.151. The van der Waals surface area contributed by atoms with E-state index in [-0.39, 0.29) is 11.2 Å². The maximum Gasteiger partial charge on any atom is 0.238 e. The highest BCUT2D eigenvalue weighted by molar-refractivity contribution is 7.99. The number of thioether (sulfide) groups is 1. The van der Waals surface area contributed by atoms with E-state index in [2.05, 4.69) is 20.4 Å². The molecule has 3 rings (SSSR count). The molecule has 0 spiro atoms. The number of aromatic nitrogens is 3. The Hall–Kier alpha value is -2.61. The van der Waals surface area contributed by atoms with Crippen LogP contribution in [0.4, 0.5) is 11.6 Å². The lowest BCUT2D eigenvalue weighted by atomic mass is 10.2. The summed E-state index contributed by atoms with van der Waals surface area (Å²) in [5.41, 5.74) is 6.77. The molecule has 0 radical (unpaired) electrons. The van der Waals surface area contributed by atoms with Crippen LogP contribution in [0.25, 0.3) is 10.9 Å². The predicted molar refractivity (Wildman–Crippen MR) is 94.6 cm³/mol. The molecule has 8 heteroatoms. The molecule has 2 aromatic heterocycles. The molecular weight excluding hydrogens is 326 g/mol. The van der Waals surface area contributed by atoms with E-state index in [0.29, 0.717) is 29.0 Å². The summed E-state index contributed by atoms with van der Waals surface area (Å²) in [5, 5.41) is 6.99. The Labute approximate surface area is 143 Å². The number of nitrogens with zero attached hydrogens (tertiary/aromatic N) is 3. The number of para-hydroxylation sites is 1. The van der Waals surface area contributed by atoms with Gasteiger partial charge in [-0.2, -0.15) is 0 Å². The van der Waals surface area contributed by atoms with Gasteiger partial charge in [-0.25, -0.2) is 9.97 Å². The maximum atomic E-state index is 12.1. The van der Waals surface area contributed by atoms with Gasteiger partial charge in [-0.1, -0.05) is 17.3 Å². The summed E-state index contributed by atoms with van der Waals surface area (Å²) in [7, 11) is 0. The lowest BCUT2D eigenvalue weighted by molar-refractivity contribution is -0.115. The minimum atomic E-state index is -0.293. The molecule has 0 aliphatic carbocycles. The number of hydrogen-bond donors (Lipinski definition) is 2. The van der Waals surface area contributed by atoms with Gasteiger partial charge in [0.25, 0.3) is 0 Å². The van der Waals surface area contributed by atoms with Crippen molar-refractivity contribution in [2.75, 3.05) is 11.1 Å². The average molecular weight is 343 g/mol. The van der Waals surface area contributed by atoms with Crippen molar-refractivity contribution < 1.29 is 9.32 Å². The van der Waals surface area contributed by atoms with Crippen molar-refractivity contribution in [3.8, 4) is 0 Å². The fraction of sp³-hybridized carbons (Fsp3) is 0.250. The molecule has 0 saturated carbocycles. The second-order valence-electron chi connectivity index (χ2n) is 5.31. The van der Waals surface area contributed by atoms with Gasteiger partial charge in [0.15, 0.2) is 5.82 Å². The Bertz CT molecular complexity index is 880. The molecule has 124 valence electrons. The van der Waals surface area contributed by atoms with E-state index in [0.717, 1.165) is 10.9 Å². The summed E-state index contributed by atoms with van der Waals surface area (Å²) in [6.45, 7) is 3.58. The van der Waals surface area contributed by atoms with Crippen LogP contribution in [0.2, 0.25) is 0 Å². The fourth-order valence-electron chi connectivity index (χ4n) is 2.14. The monoisotopic (exact) mass is 343 g/mol. The highest BCUT2D eigenvalue weighted by Crippen LogP contribution is 2.22. The van der Waals surface area contributed by atoms with Gasteiger partial charge in [-0.05, 0) is 26.0 Å². The Morgan fingerprint density at radius 1 is 1.38 bits per heavy atom. The first-order chi connectivity index (χ1) is 11.5. The molecule has 2 heterocycles. The van der Waals surface area contributed by atoms with E-state index >= 15 is 0 Å². The molecule has 0 fully saturated rings. The summed E-state index contributed by atoms with van der Waals surface area (Å²) in [5.74, 6) is 2.45. The third-order valence-corrected chi connectivity index (χ3v) is 4.53. The number of hydrogen-bond acceptors (Lipinski definition) is 7. The summed E-state index contributed by atoms with van der Waals surface area (Å²) >= 11 is 1.43. The van der Waals surface area contributed by atoms with E-state index < -0.39 is 0 Å². The number of aryl methyl sites for hydroxylation is 1. The molecule has 0 bridgehead atoms. The van der Waals surface area contributed by atoms with Crippen molar-refractivity contribution in [2.45, 2.75) is 24.9 Å². The van der Waals surface area contributed by atoms with E-state index in [4.69, 9.17) is 10.3 Å². The van der Waals surface area contributed by atoms with Crippen molar-refractivity contribution in [3.05, 3.63) is 41.9 Å². The predicted octanol–water partition coefficient (Wildman–Crippen LogP) is 2.77. The van der Waals surface area contributed by atoms with Gasteiger partial charge in [0.2, 0.25) is 5.91 Å². The number of rotatable bonds is 5. The van der Waals surface area contributed by atoms with E-state index in [1.807, 2.05) is 31.2 Å².